The Morgan fingerprint density at radius 3 is 2.54 bits per heavy atom. The minimum absolute atomic E-state index is 0.541. The van der Waals surface area contributed by atoms with E-state index < -0.39 is 0 Å². The maximum atomic E-state index is 5.19. The molecule has 1 heterocycles. The monoisotopic (exact) mass is 355 g/mol. The molecule has 2 N–H and O–H groups in total. The van der Waals surface area contributed by atoms with Gasteiger partial charge in [0.15, 0.2) is 5.96 Å². The Morgan fingerprint density at radius 2 is 1.88 bits per heavy atom. The van der Waals surface area contributed by atoms with Gasteiger partial charge in [-0.15, -0.1) is 0 Å². The van der Waals surface area contributed by atoms with Crippen LogP contribution in [0.3, 0.4) is 0 Å². The van der Waals surface area contributed by atoms with Crippen LogP contribution in [0.15, 0.2) is 47.5 Å². The molecule has 1 aromatic carbocycles. The molecule has 26 heavy (non-hydrogen) atoms. The lowest BCUT2D eigenvalue weighted by molar-refractivity contribution is 0.414. The molecule has 0 aliphatic heterocycles. The molecule has 1 aromatic heterocycles. The Balaban J connectivity index is 1.90. The lowest BCUT2D eigenvalue weighted by atomic mass is 10.1. The molecule has 0 saturated carbocycles. The molecule has 0 fully saturated rings. The predicted molar refractivity (Wildman–Crippen MR) is 108 cm³/mol. The summed E-state index contributed by atoms with van der Waals surface area (Å²) in [7, 11) is 5.65. The molecule has 0 spiro atoms. The van der Waals surface area contributed by atoms with E-state index in [9.17, 15) is 0 Å². The third-order valence-corrected chi connectivity index (χ3v) is 3.86. The van der Waals surface area contributed by atoms with Crippen molar-refractivity contribution in [1.82, 2.24) is 15.6 Å². The fourth-order valence-electron chi connectivity index (χ4n) is 2.42. The van der Waals surface area contributed by atoms with Crippen LogP contribution in [0.25, 0.3) is 0 Å². The maximum absolute atomic E-state index is 5.19. The van der Waals surface area contributed by atoms with E-state index >= 15 is 0 Å². The maximum Gasteiger partial charge on any atom is 0.191 e. The number of ether oxygens (including phenoxy) is 1. The molecule has 0 radical (unpaired) electrons. The van der Waals surface area contributed by atoms with Gasteiger partial charge in [-0.05, 0) is 43.2 Å². The molecule has 0 amide bonds. The summed E-state index contributed by atoms with van der Waals surface area (Å²) in [5, 5.41) is 6.65. The number of hydrogen-bond donors (Lipinski definition) is 2. The smallest absolute Gasteiger partial charge is 0.191 e. The van der Waals surface area contributed by atoms with E-state index in [2.05, 4.69) is 39.7 Å². The molecule has 0 unspecified atom stereocenters. The molecule has 0 aliphatic rings. The van der Waals surface area contributed by atoms with Crippen molar-refractivity contribution in [2.75, 3.05) is 39.2 Å². The van der Waals surface area contributed by atoms with Gasteiger partial charge >= 0.3 is 0 Å². The zero-order chi connectivity index (χ0) is 18.8. The topological polar surface area (TPSA) is 61.8 Å². The second-order valence-corrected chi connectivity index (χ2v) is 6.10. The SMILES string of the molecule is CCNC(=NCc1cccc(N(C)C)n1)NCCc1ccc(OC)cc1. The number of aromatic nitrogens is 1. The number of methoxy groups -OCH3 is 1. The van der Waals surface area contributed by atoms with Crippen molar-refractivity contribution in [2.24, 2.45) is 4.99 Å². The van der Waals surface area contributed by atoms with Crippen LogP contribution in [0.4, 0.5) is 5.82 Å². The number of rotatable bonds is 8. The van der Waals surface area contributed by atoms with Crippen LogP contribution in [0.1, 0.15) is 18.2 Å². The summed E-state index contributed by atoms with van der Waals surface area (Å²) in [6.07, 6.45) is 0.919. The van der Waals surface area contributed by atoms with Gasteiger partial charge in [0.05, 0.1) is 19.3 Å². The quantitative estimate of drug-likeness (QED) is 0.563. The van der Waals surface area contributed by atoms with E-state index in [1.807, 2.05) is 49.3 Å². The standard InChI is InChI=1S/C20H29N5O/c1-5-21-20(22-14-13-16-9-11-18(26-4)12-10-16)23-15-17-7-6-8-19(24-17)25(2)3/h6-12H,5,13-15H2,1-4H3,(H2,21,22,23). The molecule has 2 aromatic rings. The number of guanidine groups is 1. The fraction of sp³-hybridized carbons (Fsp3) is 0.400. The number of benzene rings is 1. The van der Waals surface area contributed by atoms with Crippen LogP contribution in [0.2, 0.25) is 0 Å². The highest BCUT2D eigenvalue weighted by molar-refractivity contribution is 5.79. The number of anilines is 1. The molecule has 0 bridgehead atoms. The first-order valence-corrected chi connectivity index (χ1v) is 8.90. The van der Waals surface area contributed by atoms with Crippen LogP contribution in [0.5, 0.6) is 5.75 Å². The van der Waals surface area contributed by atoms with Crippen molar-refractivity contribution < 1.29 is 4.74 Å². The Hall–Kier alpha value is -2.76. The van der Waals surface area contributed by atoms with Gasteiger partial charge in [0, 0.05) is 27.2 Å². The van der Waals surface area contributed by atoms with Gasteiger partial charge in [0.2, 0.25) is 0 Å². The zero-order valence-corrected chi connectivity index (χ0v) is 16.1. The summed E-state index contributed by atoms with van der Waals surface area (Å²) in [4.78, 5) is 11.2. The molecule has 6 nitrogen and oxygen atoms in total. The van der Waals surface area contributed by atoms with Crippen molar-refractivity contribution in [1.29, 1.82) is 0 Å². The Morgan fingerprint density at radius 1 is 1.12 bits per heavy atom. The van der Waals surface area contributed by atoms with Gasteiger partial charge in [-0.2, -0.15) is 0 Å². The minimum atomic E-state index is 0.541. The van der Waals surface area contributed by atoms with Crippen LogP contribution in [0, 0.1) is 0 Å². The lowest BCUT2D eigenvalue weighted by Crippen LogP contribution is -2.38. The van der Waals surface area contributed by atoms with Gasteiger partial charge in [-0.1, -0.05) is 18.2 Å². The van der Waals surface area contributed by atoms with E-state index in [0.29, 0.717) is 6.54 Å². The summed E-state index contributed by atoms with van der Waals surface area (Å²) >= 11 is 0. The van der Waals surface area contributed by atoms with Gasteiger partial charge in [0.1, 0.15) is 11.6 Å². The summed E-state index contributed by atoms with van der Waals surface area (Å²) in [5.74, 6) is 2.62. The molecule has 0 saturated heterocycles. The second-order valence-electron chi connectivity index (χ2n) is 6.10. The highest BCUT2D eigenvalue weighted by atomic mass is 16.5. The number of aliphatic imine (C=N–C) groups is 1. The van der Waals surface area contributed by atoms with Gasteiger partial charge < -0.3 is 20.3 Å². The first-order chi connectivity index (χ1) is 12.6. The molecule has 2 rings (SSSR count). The molecule has 140 valence electrons. The van der Waals surface area contributed by atoms with Crippen molar-refractivity contribution in [3.63, 3.8) is 0 Å². The van der Waals surface area contributed by atoms with Crippen molar-refractivity contribution in [3.8, 4) is 5.75 Å². The number of pyridine rings is 1. The summed E-state index contributed by atoms with van der Waals surface area (Å²) in [6, 6.07) is 14.1. The van der Waals surface area contributed by atoms with Crippen molar-refractivity contribution in [3.05, 3.63) is 53.7 Å². The van der Waals surface area contributed by atoms with Gasteiger partial charge in [0.25, 0.3) is 0 Å². The van der Waals surface area contributed by atoms with Crippen molar-refractivity contribution >= 4 is 11.8 Å². The Kier molecular flexibility index (Phi) is 7.74. The number of hydrogen-bond acceptors (Lipinski definition) is 4. The predicted octanol–water partition coefficient (Wildman–Crippen LogP) is 2.45. The first-order valence-electron chi connectivity index (χ1n) is 8.90. The third-order valence-electron chi connectivity index (χ3n) is 3.86. The lowest BCUT2D eigenvalue weighted by Gasteiger charge is -2.13. The Bertz CT molecular complexity index is 698. The summed E-state index contributed by atoms with van der Waals surface area (Å²) < 4.78 is 5.19. The summed E-state index contributed by atoms with van der Waals surface area (Å²) in [6.45, 7) is 4.23. The van der Waals surface area contributed by atoms with Gasteiger partial charge in [-0.25, -0.2) is 9.98 Å². The van der Waals surface area contributed by atoms with E-state index in [1.165, 1.54) is 5.56 Å². The van der Waals surface area contributed by atoms with E-state index in [1.54, 1.807) is 7.11 Å². The highest BCUT2D eigenvalue weighted by Crippen LogP contribution is 2.11. The van der Waals surface area contributed by atoms with E-state index in [-0.39, 0.29) is 0 Å². The zero-order valence-electron chi connectivity index (χ0n) is 16.1. The number of nitrogens with one attached hydrogen (secondary N) is 2. The summed E-state index contributed by atoms with van der Waals surface area (Å²) in [5.41, 5.74) is 2.21. The third kappa shape index (κ3) is 6.27. The fourth-order valence-corrected chi connectivity index (χ4v) is 2.42. The Labute approximate surface area is 156 Å². The molecule has 0 atom stereocenters. The molecule has 0 aliphatic carbocycles. The van der Waals surface area contributed by atoms with Crippen molar-refractivity contribution in [2.45, 2.75) is 19.9 Å². The van der Waals surface area contributed by atoms with Crippen LogP contribution in [-0.4, -0.2) is 45.2 Å². The molecular weight excluding hydrogens is 326 g/mol. The van der Waals surface area contributed by atoms with E-state index in [4.69, 9.17) is 4.74 Å². The minimum Gasteiger partial charge on any atom is -0.497 e. The van der Waals surface area contributed by atoms with Crippen LogP contribution >= 0.6 is 0 Å². The van der Waals surface area contributed by atoms with Gasteiger partial charge in [-0.3, -0.25) is 0 Å². The molecular formula is C20H29N5O. The normalized spacial score (nSPS) is 11.2. The first kappa shape index (κ1) is 19.6. The molecule has 6 heteroatoms. The van der Waals surface area contributed by atoms with Crippen LogP contribution in [-0.2, 0) is 13.0 Å². The number of nitrogens with zero attached hydrogens (tertiary/aromatic N) is 3. The van der Waals surface area contributed by atoms with E-state index in [0.717, 1.165) is 42.7 Å². The highest BCUT2D eigenvalue weighted by Gasteiger charge is 2.02. The van der Waals surface area contributed by atoms with Crippen LogP contribution < -0.4 is 20.3 Å². The largest absolute Gasteiger partial charge is 0.497 e. The second kappa shape index (κ2) is 10.3. The average molecular weight is 355 g/mol. The average Bonchev–Trinajstić information content (AvgIpc) is 2.67.